The zero-order valence-electron chi connectivity index (χ0n) is 12.1. The van der Waals surface area contributed by atoms with Gasteiger partial charge in [-0.2, -0.15) is 18.4 Å². The van der Waals surface area contributed by atoms with Gasteiger partial charge in [0.2, 0.25) is 0 Å². The standard InChI is InChI=1S/C15H16F3N3O/c1-10-4-2-3-7-21(10)13-6-5-12(8-11(13)9-19)20-14(22)15(16,17)18/h5-6,8,10H,2-4,7H2,1H3,(H,20,22)/t10-/m1/s1. The van der Waals surface area contributed by atoms with E-state index in [0.29, 0.717) is 5.69 Å². The number of nitriles is 1. The predicted molar refractivity (Wildman–Crippen MR) is 76.5 cm³/mol. The Labute approximate surface area is 126 Å². The second-order valence-corrected chi connectivity index (χ2v) is 5.33. The first-order valence-corrected chi connectivity index (χ1v) is 7.02. The topological polar surface area (TPSA) is 56.1 Å². The lowest BCUT2D eigenvalue weighted by molar-refractivity contribution is -0.167. The van der Waals surface area contributed by atoms with E-state index in [-0.39, 0.29) is 17.3 Å². The molecule has 1 heterocycles. The summed E-state index contributed by atoms with van der Waals surface area (Å²) < 4.78 is 36.8. The third-order valence-electron chi connectivity index (χ3n) is 3.74. The summed E-state index contributed by atoms with van der Waals surface area (Å²) in [4.78, 5) is 13.0. The summed E-state index contributed by atoms with van der Waals surface area (Å²) in [5.74, 6) is -2.05. The molecule has 118 valence electrons. The van der Waals surface area contributed by atoms with Gasteiger partial charge in [-0.25, -0.2) is 0 Å². The first-order valence-electron chi connectivity index (χ1n) is 7.02. The van der Waals surface area contributed by atoms with Gasteiger partial charge in [-0.1, -0.05) is 0 Å². The summed E-state index contributed by atoms with van der Waals surface area (Å²) in [6, 6.07) is 6.52. The second-order valence-electron chi connectivity index (χ2n) is 5.33. The summed E-state index contributed by atoms with van der Waals surface area (Å²) >= 11 is 0. The van der Waals surface area contributed by atoms with Gasteiger partial charge >= 0.3 is 12.1 Å². The molecule has 1 aromatic rings. The van der Waals surface area contributed by atoms with Gasteiger partial charge in [0.25, 0.3) is 0 Å². The van der Waals surface area contributed by atoms with Crippen LogP contribution in [0.25, 0.3) is 0 Å². The van der Waals surface area contributed by atoms with E-state index >= 15 is 0 Å². The van der Waals surface area contributed by atoms with E-state index in [4.69, 9.17) is 0 Å². The Balaban J connectivity index is 2.25. The van der Waals surface area contributed by atoms with Gasteiger partial charge in [0.05, 0.1) is 11.3 Å². The Morgan fingerprint density at radius 2 is 2.14 bits per heavy atom. The molecule has 2 rings (SSSR count). The summed E-state index contributed by atoms with van der Waals surface area (Å²) in [6.45, 7) is 2.86. The lowest BCUT2D eigenvalue weighted by Crippen LogP contribution is -2.37. The molecule has 1 aliphatic rings. The van der Waals surface area contributed by atoms with Gasteiger partial charge in [-0.15, -0.1) is 0 Å². The van der Waals surface area contributed by atoms with Gasteiger partial charge in [0, 0.05) is 18.3 Å². The minimum atomic E-state index is -4.95. The number of rotatable bonds is 2. The lowest BCUT2D eigenvalue weighted by atomic mass is 10.0. The van der Waals surface area contributed by atoms with Crippen LogP contribution in [0.2, 0.25) is 0 Å². The Bertz CT molecular complexity index is 607. The third-order valence-corrected chi connectivity index (χ3v) is 3.74. The number of amides is 1. The molecule has 4 nitrogen and oxygen atoms in total. The number of piperidine rings is 1. The summed E-state index contributed by atoms with van der Waals surface area (Å²) in [5.41, 5.74) is 0.917. The minimum absolute atomic E-state index is 0.0349. The van der Waals surface area contributed by atoms with E-state index in [1.165, 1.54) is 12.1 Å². The van der Waals surface area contributed by atoms with Crippen LogP contribution in [-0.4, -0.2) is 24.7 Å². The predicted octanol–water partition coefficient (Wildman–Crippen LogP) is 3.44. The van der Waals surface area contributed by atoms with Crippen molar-refractivity contribution in [2.24, 2.45) is 0 Å². The van der Waals surface area contributed by atoms with E-state index < -0.39 is 12.1 Å². The largest absolute Gasteiger partial charge is 0.471 e. The van der Waals surface area contributed by atoms with Crippen molar-refractivity contribution in [2.45, 2.75) is 38.4 Å². The molecule has 1 saturated heterocycles. The maximum absolute atomic E-state index is 12.3. The number of carbonyl (C=O) groups excluding carboxylic acids is 1. The number of nitrogens with one attached hydrogen (secondary N) is 1. The van der Waals surface area contributed by atoms with Crippen LogP contribution in [0.1, 0.15) is 31.7 Å². The number of alkyl halides is 3. The van der Waals surface area contributed by atoms with Crippen molar-refractivity contribution in [1.29, 1.82) is 5.26 Å². The molecule has 1 fully saturated rings. The van der Waals surface area contributed by atoms with E-state index in [2.05, 4.69) is 11.8 Å². The van der Waals surface area contributed by atoms with Crippen LogP contribution in [-0.2, 0) is 4.79 Å². The van der Waals surface area contributed by atoms with Crippen molar-refractivity contribution in [3.05, 3.63) is 23.8 Å². The maximum Gasteiger partial charge on any atom is 0.471 e. The number of hydrogen-bond acceptors (Lipinski definition) is 3. The molecule has 1 amide bonds. The molecule has 1 aromatic carbocycles. The molecule has 22 heavy (non-hydrogen) atoms. The van der Waals surface area contributed by atoms with Crippen LogP contribution >= 0.6 is 0 Å². The molecule has 1 N–H and O–H groups in total. The minimum Gasteiger partial charge on any atom is -0.368 e. The first kappa shape index (κ1) is 16.1. The van der Waals surface area contributed by atoms with Gasteiger partial charge in [0.1, 0.15) is 6.07 Å². The van der Waals surface area contributed by atoms with Gasteiger partial charge in [0.15, 0.2) is 0 Å². The van der Waals surface area contributed by atoms with Crippen molar-refractivity contribution < 1.29 is 18.0 Å². The Kier molecular flexibility index (Phi) is 4.59. The van der Waals surface area contributed by atoms with Gasteiger partial charge in [-0.3, -0.25) is 4.79 Å². The fraction of sp³-hybridized carbons (Fsp3) is 0.467. The van der Waals surface area contributed by atoms with Crippen LogP contribution in [0.4, 0.5) is 24.5 Å². The van der Waals surface area contributed by atoms with Crippen LogP contribution in [0.3, 0.4) is 0 Å². The van der Waals surface area contributed by atoms with Crippen LogP contribution < -0.4 is 10.2 Å². The smallest absolute Gasteiger partial charge is 0.368 e. The first-order chi connectivity index (χ1) is 10.3. The number of halogens is 3. The van der Waals surface area contributed by atoms with Crippen molar-refractivity contribution in [3.8, 4) is 6.07 Å². The maximum atomic E-state index is 12.3. The molecule has 1 atom stereocenters. The molecule has 0 saturated carbocycles. The van der Waals surface area contributed by atoms with Crippen LogP contribution in [0.5, 0.6) is 0 Å². The Hall–Kier alpha value is -2.23. The van der Waals surface area contributed by atoms with Crippen LogP contribution in [0.15, 0.2) is 18.2 Å². The highest BCUT2D eigenvalue weighted by atomic mass is 19.4. The summed E-state index contributed by atoms with van der Waals surface area (Å²) in [7, 11) is 0. The van der Waals surface area contributed by atoms with Crippen molar-refractivity contribution in [2.75, 3.05) is 16.8 Å². The average Bonchev–Trinajstić information content (AvgIpc) is 2.47. The molecule has 1 aliphatic heterocycles. The molecule has 0 unspecified atom stereocenters. The zero-order chi connectivity index (χ0) is 16.3. The molecular formula is C15H16F3N3O. The second kappa shape index (κ2) is 6.26. The number of anilines is 2. The number of carbonyl (C=O) groups is 1. The van der Waals surface area contributed by atoms with Crippen molar-refractivity contribution in [3.63, 3.8) is 0 Å². The van der Waals surface area contributed by atoms with Gasteiger partial charge < -0.3 is 10.2 Å². The quantitative estimate of drug-likeness (QED) is 0.910. The summed E-state index contributed by atoms with van der Waals surface area (Å²) in [5, 5.41) is 11.0. The number of benzene rings is 1. The molecule has 7 heteroatoms. The SMILES string of the molecule is C[C@@H]1CCCCN1c1ccc(NC(=O)C(F)(F)F)cc1C#N. The fourth-order valence-corrected chi connectivity index (χ4v) is 2.61. The summed E-state index contributed by atoms with van der Waals surface area (Å²) in [6.07, 6.45) is -1.80. The van der Waals surface area contributed by atoms with E-state index in [0.717, 1.165) is 25.8 Å². The monoisotopic (exact) mass is 311 g/mol. The number of hydrogen-bond donors (Lipinski definition) is 1. The van der Waals surface area contributed by atoms with Crippen molar-refractivity contribution >= 4 is 17.3 Å². The van der Waals surface area contributed by atoms with Gasteiger partial charge in [-0.05, 0) is 44.4 Å². The molecular weight excluding hydrogens is 295 g/mol. The molecule has 0 aromatic heterocycles. The molecule has 0 aliphatic carbocycles. The zero-order valence-corrected chi connectivity index (χ0v) is 12.1. The lowest BCUT2D eigenvalue weighted by Gasteiger charge is -2.36. The van der Waals surface area contributed by atoms with E-state index in [9.17, 15) is 23.2 Å². The third kappa shape index (κ3) is 3.50. The van der Waals surface area contributed by atoms with E-state index in [1.807, 2.05) is 6.07 Å². The van der Waals surface area contributed by atoms with Crippen LogP contribution in [0, 0.1) is 11.3 Å². The fourth-order valence-electron chi connectivity index (χ4n) is 2.61. The van der Waals surface area contributed by atoms with Crippen molar-refractivity contribution in [1.82, 2.24) is 0 Å². The average molecular weight is 311 g/mol. The molecule has 0 radical (unpaired) electrons. The highest BCUT2D eigenvalue weighted by Crippen LogP contribution is 2.30. The highest BCUT2D eigenvalue weighted by Gasteiger charge is 2.38. The molecule has 0 spiro atoms. The Morgan fingerprint density at radius 3 is 2.73 bits per heavy atom. The number of nitrogens with zero attached hydrogens (tertiary/aromatic N) is 2. The Morgan fingerprint density at radius 1 is 1.41 bits per heavy atom. The normalized spacial score (nSPS) is 18.7. The van der Waals surface area contributed by atoms with E-state index in [1.54, 1.807) is 11.4 Å². The molecule has 0 bridgehead atoms. The highest BCUT2D eigenvalue weighted by molar-refractivity contribution is 5.95.